The Balaban J connectivity index is 4.13. The first-order chi connectivity index (χ1) is 8.20. The number of hydrogen-bond donors (Lipinski definition) is 3. The van der Waals surface area contributed by atoms with Gasteiger partial charge in [0.1, 0.15) is 0 Å². The minimum absolute atomic E-state index is 0.0553. The van der Waals surface area contributed by atoms with Gasteiger partial charge in [-0.25, -0.2) is 4.79 Å². The van der Waals surface area contributed by atoms with E-state index < -0.39 is 12.1 Å². The van der Waals surface area contributed by atoms with Crippen LogP contribution in [-0.4, -0.2) is 55.6 Å². The van der Waals surface area contributed by atoms with Crippen molar-refractivity contribution < 1.29 is 9.59 Å². The smallest absolute Gasteiger partial charge is 0.321 e. The van der Waals surface area contributed by atoms with Gasteiger partial charge in [-0.1, -0.05) is 0 Å². The molecule has 0 heterocycles. The number of carbonyl (C=O) groups is 2. The molecule has 1 atom stereocenters. The number of hydrogen-bond acceptors (Lipinski definition) is 4. The van der Waals surface area contributed by atoms with E-state index in [9.17, 15) is 9.59 Å². The van der Waals surface area contributed by atoms with E-state index in [1.165, 1.54) is 0 Å². The number of imide groups is 1. The van der Waals surface area contributed by atoms with Crippen molar-refractivity contribution in [2.75, 3.05) is 27.2 Å². The van der Waals surface area contributed by atoms with Gasteiger partial charge >= 0.3 is 6.03 Å². The number of carbonyl (C=O) groups excluding carboxylic acids is 2. The highest BCUT2D eigenvalue weighted by atomic mass is 16.2. The lowest BCUT2D eigenvalue weighted by Crippen LogP contribution is -2.53. The predicted octanol–water partition coefficient (Wildman–Crippen LogP) is 0.150. The van der Waals surface area contributed by atoms with Crippen molar-refractivity contribution in [2.45, 2.75) is 39.3 Å². The Labute approximate surface area is 109 Å². The van der Waals surface area contributed by atoms with Gasteiger partial charge < -0.3 is 15.5 Å². The Bertz CT molecular complexity index is 290. The van der Waals surface area contributed by atoms with Crippen LogP contribution in [0.1, 0.15) is 27.7 Å². The molecule has 6 heteroatoms. The highest BCUT2D eigenvalue weighted by Crippen LogP contribution is 2.08. The highest BCUT2D eigenvalue weighted by Gasteiger charge is 2.23. The molecular formula is C12H26N4O2. The quantitative estimate of drug-likeness (QED) is 0.634. The van der Waals surface area contributed by atoms with Crippen LogP contribution in [0.15, 0.2) is 0 Å². The molecule has 0 aliphatic carbocycles. The first kappa shape index (κ1) is 16.9. The summed E-state index contributed by atoms with van der Waals surface area (Å²) in [5.74, 6) is -0.324. The van der Waals surface area contributed by atoms with Crippen LogP contribution in [0.3, 0.4) is 0 Å². The molecule has 3 amide bonds. The lowest BCUT2D eigenvalue weighted by molar-refractivity contribution is -0.121. The van der Waals surface area contributed by atoms with Crippen molar-refractivity contribution in [3.63, 3.8) is 0 Å². The van der Waals surface area contributed by atoms with Crippen LogP contribution in [0.2, 0.25) is 0 Å². The van der Waals surface area contributed by atoms with Crippen LogP contribution in [0.5, 0.6) is 0 Å². The van der Waals surface area contributed by atoms with E-state index in [0.717, 1.165) is 0 Å². The second-order valence-corrected chi connectivity index (χ2v) is 5.16. The second kappa shape index (κ2) is 7.33. The maximum absolute atomic E-state index is 11.7. The minimum Gasteiger partial charge on any atom is -0.338 e. The van der Waals surface area contributed by atoms with E-state index in [0.29, 0.717) is 13.1 Å². The lowest BCUT2D eigenvalue weighted by atomic mass is 10.0. The number of amides is 3. The largest absolute Gasteiger partial charge is 0.338 e. The molecule has 0 fully saturated rings. The lowest BCUT2D eigenvalue weighted by Gasteiger charge is -2.33. The number of nitrogens with one attached hydrogen (secondary N) is 3. The number of nitrogens with zero attached hydrogens (tertiary/aromatic N) is 1. The van der Waals surface area contributed by atoms with Gasteiger partial charge in [0.2, 0.25) is 5.91 Å². The van der Waals surface area contributed by atoms with Crippen molar-refractivity contribution in [2.24, 2.45) is 0 Å². The Morgan fingerprint density at radius 1 is 1.28 bits per heavy atom. The summed E-state index contributed by atoms with van der Waals surface area (Å²) in [5.41, 5.74) is -0.0553. The minimum atomic E-state index is -0.456. The summed E-state index contributed by atoms with van der Waals surface area (Å²) in [6.07, 6.45) is 0. The van der Waals surface area contributed by atoms with Crippen LogP contribution in [0.4, 0.5) is 4.79 Å². The predicted molar refractivity (Wildman–Crippen MR) is 72.4 cm³/mol. The molecule has 0 saturated carbocycles. The molecule has 18 heavy (non-hydrogen) atoms. The van der Waals surface area contributed by atoms with Crippen LogP contribution in [-0.2, 0) is 4.79 Å². The molecule has 1 unspecified atom stereocenters. The number of likely N-dealkylation sites (N-methyl/N-ethyl adjacent to an activating group) is 1. The topological polar surface area (TPSA) is 73.5 Å². The van der Waals surface area contributed by atoms with Crippen molar-refractivity contribution in [1.29, 1.82) is 0 Å². The van der Waals surface area contributed by atoms with Crippen molar-refractivity contribution in [3.05, 3.63) is 0 Å². The third-order valence-electron chi connectivity index (χ3n) is 3.02. The molecular weight excluding hydrogens is 232 g/mol. The first-order valence-electron chi connectivity index (χ1n) is 6.20. The monoisotopic (exact) mass is 258 g/mol. The summed E-state index contributed by atoms with van der Waals surface area (Å²) in [5, 5.41) is 7.91. The van der Waals surface area contributed by atoms with E-state index in [1.54, 1.807) is 13.8 Å². The van der Waals surface area contributed by atoms with Gasteiger partial charge in [0.15, 0.2) is 0 Å². The molecule has 0 aromatic carbocycles. The number of urea groups is 1. The summed E-state index contributed by atoms with van der Waals surface area (Å²) < 4.78 is 0. The summed E-state index contributed by atoms with van der Waals surface area (Å²) >= 11 is 0. The Morgan fingerprint density at radius 2 is 1.83 bits per heavy atom. The van der Waals surface area contributed by atoms with Gasteiger partial charge in [-0.15, -0.1) is 0 Å². The molecule has 0 rings (SSSR count). The van der Waals surface area contributed by atoms with E-state index in [-0.39, 0.29) is 11.4 Å². The molecule has 0 aromatic heterocycles. The fraction of sp³-hybridized carbons (Fsp3) is 0.833. The fourth-order valence-electron chi connectivity index (χ4n) is 1.08. The summed E-state index contributed by atoms with van der Waals surface area (Å²) in [7, 11) is 3.97. The SMILES string of the molecule is CCNC(=O)NC(=O)C(C)NCC(C)(C)N(C)C. The van der Waals surface area contributed by atoms with Crippen molar-refractivity contribution in [3.8, 4) is 0 Å². The first-order valence-corrected chi connectivity index (χ1v) is 6.20. The molecule has 0 aromatic rings. The Hall–Kier alpha value is -1.14. The molecule has 0 aliphatic rings. The zero-order valence-electron chi connectivity index (χ0n) is 12.3. The maximum atomic E-state index is 11.7. The van der Waals surface area contributed by atoms with Gasteiger partial charge in [-0.3, -0.25) is 10.1 Å². The van der Waals surface area contributed by atoms with Crippen molar-refractivity contribution in [1.82, 2.24) is 20.9 Å². The highest BCUT2D eigenvalue weighted by molar-refractivity contribution is 5.96. The maximum Gasteiger partial charge on any atom is 0.321 e. The molecule has 0 spiro atoms. The summed E-state index contributed by atoms with van der Waals surface area (Å²) in [6, 6.07) is -0.866. The molecule has 6 nitrogen and oxygen atoms in total. The normalized spacial score (nSPS) is 13.3. The zero-order valence-corrected chi connectivity index (χ0v) is 12.3. The molecule has 0 bridgehead atoms. The molecule has 0 aliphatic heterocycles. The van der Waals surface area contributed by atoms with E-state index in [4.69, 9.17) is 0 Å². The van der Waals surface area contributed by atoms with Gasteiger partial charge in [0.25, 0.3) is 0 Å². The third kappa shape index (κ3) is 5.97. The second-order valence-electron chi connectivity index (χ2n) is 5.16. The van der Waals surface area contributed by atoms with E-state index in [1.807, 2.05) is 14.1 Å². The average molecular weight is 258 g/mol. The Morgan fingerprint density at radius 3 is 2.28 bits per heavy atom. The molecule has 0 radical (unpaired) electrons. The number of rotatable bonds is 6. The van der Waals surface area contributed by atoms with Gasteiger partial charge in [-0.05, 0) is 41.8 Å². The zero-order chi connectivity index (χ0) is 14.3. The van der Waals surface area contributed by atoms with Crippen LogP contribution < -0.4 is 16.0 Å². The molecule has 106 valence electrons. The van der Waals surface area contributed by atoms with Crippen LogP contribution in [0.25, 0.3) is 0 Å². The molecule has 3 N–H and O–H groups in total. The fourth-order valence-corrected chi connectivity index (χ4v) is 1.08. The standard InChI is InChI=1S/C12H26N4O2/c1-7-13-11(18)15-10(17)9(2)14-8-12(3,4)16(5)6/h9,14H,7-8H2,1-6H3,(H2,13,15,17,18). The van der Waals surface area contributed by atoms with Gasteiger partial charge in [0.05, 0.1) is 6.04 Å². The van der Waals surface area contributed by atoms with E-state index >= 15 is 0 Å². The van der Waals surface area contributed by atoms with Crippen LogP contribution >= 0.6 is 0 Å². The molecule has 0 saturated heterocycles. The van der Waals surface area contributed by atoms with Gasteiger partial charge in [0, 0.05) is 18.6 Å². The van der Waals surface area contributed by atoms with Gasteiger partial charge in [-0.2, -0.15) is 0 Å². The van der Waals surface area contributed by atoms with E-state index in [2.05, 4.69) is 34.7 Å². The average Bonchev–Trinajstić information content (AvgIpc) is 2.25. The van der Waals surface area contributed by atoms with Crippen LogP contribution in [0, 0.1) is 0 Å². The summed E-state index contributed by atoms with van der Waals surface area (Å²) in [4.78, 5) is 24.9. The Kier molecular flexibility index (Phi) is 6.86. The third-order valence-corrected chi connectivity index (χ3v) is 3.02. The van der Waals surface area contributed by atoms with Crippen molar-refractivity contribution >= 4 is 11.9 Å². The summed E-state index contributed by atoms with van der Waals surface area (Å²) in [6.45, 7) is 8.84.